The predicted molar refractivity (Wildman–Crippen MR) is 125 cm³/mol. The highest BCUT2D eigenvalue weighted by molar-refractivity contribution is 7.91. The van der Waals surface area contributed by atoms with Crippen molar-refractivity contribution in [3.05, 3.63) is 11.6 Å². The monoisotopic (exact) mass is 524 g/mol. The van der Waals surface area contributed by atoms with Gasteiger partial charge in [0.25, 0.3) is 23.7 Å². The van der Waals surface area contributed by atoms with Crippen LogP contribution in [-0.4, -0.2) is 93.6 Å². The smallest absolute Gasteiger partial charge is 0.267 e. The van der Waals surface area contributed by atoms with Gasteiger partial charge in [0.2, 0.25) is 0 Å². The number of aromatic nitrogens is 6. The predicted octanol–water partition coefficient (Wildman–Crippen LogP) is 0.147. The molecule has 0 fully saturated rings. The Kier molecular flexibility index (Phi) is 6.77. The lowest BCUT2D eigenvalue weighted by molar-refractivity contribution is 0.0986. The number of carbonyl (C=O) groups is 2. The molecule has 0 saturated carbocycles. The van der Waals surface area contributed by atoms with E-state index in [2.05, 4.69) is 30.4 Å². The fourth-order valence-electron chi connectivity index (χ4n) is 3.88. The van der Waals surface area contributed by atoms with Gasteiger partial charge in [-0.05, 0) is 12.8 Å². The van der Waals surface area contributed by atoms with Gasteiger partial charge >= 0.3 is 0 Å². The summed E-state index contributed by atoms with van der Waals surface area (Å²) in [6.07, 6.45) is 7.25. The molecule has 14 nitrogen and oxygen atoms in total. The molecule has 188 valence electrons. The highest BCUT2D eigenvalue weighted by atomic mass is 32.2. The number of nitrogens with zero attached hydrogens (tertiary/aromatic N) is 8. The molecule has 0 aromatic carbocycles. The van der Waals surface area contributed by atoms with E-state index < -0.39 is 43.0 Å². The maximum absolute atomic E-state index is 12.4. The minimum absolute atomic E-state index is 0.0501. The van der Waals surface area contributed by atoms with Gasteiger partial charge in [-0.3, -0.25) is 9.59 Å². The first-order valence-electron chi connectivity index (χ1n) is 10.9. The van der Waals surface area contributed by atoms with Crippen LogP contribution in [0.5, 0.6) is 0 Å². The molecular weight excluding hydrogens is 500 g/mol. The van der Waals surface area contributed by atoms with Crippen molar-refractivity contribution in [1.82, 2.24) is 29.5 Å². The second-order valence-electron chi connectivity index (χ2n) is 8.64. The van der Waals surface area contributed by atoms with Crippen LogP contribution in [0.4, 0.5) is 11.9 Å². The number of hydrogen-bond donors (Lipinski definition) is 0. The molecule has 4 heterocycles. The van der Waals surface area contributed by atoms with E-state index in [1.807, 2.05) is 0 Å². The molecule has 4 rings (SSSR count). The lowest BCUT2D eigenvalue weighted by Gasteiger charge is -2.04. The summed E-state index contributed by atoms with van der Waals surface area (Å²) in [6, 6.07) is 0. The Bertz CT molecular complexity index is 1360. The Labute approximate surface area is 201 Å². The Hall–Kier alpha value is -3.14. The summed E-state index contributed by atoms with van der Waals surface area (Å²) in [4.78, 5) is 32.9. The van der Waals surface area contributed by atoms with E-state index in [0.717, 1.165) is 44.6 Å². The SMILES string of the molecule is CS(=O)(=O)CC1=Nc2nnc(CCCCCCCc3nnc4n3C(=O)C(CS(C)(=O)=O)=N4)n2C1=O. The summed E-state index contributed by atoms with van der Waals surface area (Å²) in [5.41, 5.74) is -0.100. The molecule has 2 aromatic rings. The molecule has 0 aliphatic carbocycles. The molecule has 0 unspecified atom stereocenters. The van der Waals surface area contributed by atoms with Crippen LogP contribution in [-0.2, 0) is 32.5 Å². The van der Waals surface area contributed by atoms with Gasteiger partial charge in [0.05, 0.1) is 11.5 Å². The first kappa shape index (κ1) is 25.0. The first-order valence-corrected chi connectivity index (χ1v) is 15.0. The van der Waals surface area contributed by atoms with Crippen LogP contribution in [0.25, 0.3) is 0 Å². The van der Waals surface area contributed by atoms with E-state index in [1.165, 1.54) is 9.13 Å². The molecule has 0 N–H and O–H groups in total. The third-order valence-corrected chi connectivity index (χ3v) is 6.99. The lowest BCUT2D eigenvalue weighted by atomic mass is 10.1. The van der Waals surface area contributed by atoms with E-state index in [4.69, 9.17) is 0 Å². The summed E-state index contributed by atoms with van der Waals surface area (Å²) < 4.78 is 48.4. The number of sulfone groups is 2. The van der Waals surface area contributed by atoms with Crippen molar-refractivity contribution in [3.8, 4) is 0 Å². The number of aliphatic imine (C=N–C) groups is 2. The van der Waals surface area contributed by atoms with Crippen molar-refractivity contribution < 1.29 is 26.4 Å². The second-order valence-corrected chi connectivity index (χ2v) is 12.9. The van der Waals surface area contributed by atoms with E-state index in [0.29, 0.717) is 24.5 Å². The summed E-state index contributed by atoms with van der Waals surface area (Å²) in [6.45, 7) is 0. The van der Waals surface area contributed by atoms with E-state index in [1.54, 1.807) is 0 Å². The minimum atomic E-state index is -3.38. The average molecular weight is 525 g/mol. The fourth-order valence-corrected chi connectivity index (χ4v) is 5.24. The molecule has 0 saturated heterocycles. The van der Waals surface area contributed by atoms with Gasteiger partial charge in [0.1, 0.15) is 23.1 Å². The molecule has 0 radical (unpaired) electrons. The Balaban J connectivity index is 1.19. The van der Waals surface area contributed by atoms with E-state index in [-0.39, 0.29) is 23.3 Å². The molecule has 2 aliphatic rings. The number of aryl methyl sites for hydroxylation is 2. The summed E-state index contributed by atoms with van der Waals surface area (Å²) in [5, 5.41) is 15.7. The number of unbranched alkanes of at least 4 members (excludes halogenated alkanes) is 4. The molecule has 0 bridgehead atoms. The van der Waals surface area contributed by atoms with Gasteiger partial charge in [-0.25, -0.2) is 36.0 Å². The first-order chi connectivity index (χ1) is 16.4. The van der Waals surface area contributed by atoms with Gasteiger partial charge in [-0.15, -0.1) is 20.4 Å². The third-order valence-electron chi connectivity index (χ3n) is 5.39. The highest BCUT2D eigenvalue weighted by Crippen LogP contribution is 2.22. The van der Waals surface area contributed by atoms with Gasteiger partial charge < -0.3 is 0 Å². The third kappa shape index (κ3) is 5.75. The number of fused-ring (bicyclic) bond motifs is 2. The molecule has 16 heteroatoms. The molecule has 0 atom stereocenters. The summed E-state index contributed by atoms with van der Waals surface area (Å²) in [7, 11) is -6.77. The van der Waals surface area contributed by atoms with Crippen LogP contribution in [0.15, 0.2) is 9.98 Å². The van der Waals surface area contributed by atoms with Crippen LogP contribution in [0.3, 0.4) is 0 Å². The average Bonchev–Trinajstić information content (AvgIpc) is 3.46. The standard InChI is InChI=1S/C19H24N8O6S2/c1-34(30,31)10-12-16(28)26-14(22-24-18(26)20-12)8-6-4-3-5-7-9-15-23-25-19-21-13(11-35(2,32)33)17(29)27(15)19/h3-11H2,1-2H3. The van der Waals surface area contributed by atoms with E-state index in [9.17, 15) is 26.4 Å². The zero-order valence-electron chi connectivity index (χ0n) is 19.2. The van der Waals surface area contributed by atoms with Crippen molar-refractivity contribution >= 4 is 54.8 Å². The van der Waals surface area contributed by atoms with Crippen LogP contribution in [0, 0.1) is 0 Å². The second kappa shape index (κ2) is 9.49. The maximum Gasteiger partial charge on any atom is 0.281 e. The summed E-state index contributed by atoms with van der Waals surface area (Å²) in [5.74, 6) is -0.708. The number of carbonyl (C=O) groups excluding carboxylic acids is 2. The van der Waals surface area contributed by atoms with E-state index >= 15 is 0 Å². The Morgan fingerprint density at radius 2 is 0.971 bits per heavy atom. The van der Waals surface area contributed by atoms with Gasteiger partial charge in [-0.1, -0.05) is 19.3 Å². The molecule has 0 amide bonds. The number of hydrogen-bond acceptors (Lipinski definition) is 12. The van der Waals surface area contributed by atoms with Gasteiger partial charge in [-0.2, -0.15) is 0 Å². The normalized spacial score (nSPS) is 15.4. The maximum atomic E-state index is 12.4. The van der Waals surface area contributed by atoms with Crippen molar-refractivity contribution in [2.24, 2.45) is 9.98 Å². The molecule has 0 spiro atoms. The molecular formula is C19H24N8O6S2. The lowest BCUT2D eigenvalue weighted by Crippen LogP contribution is -2.25. The molecule has 2 aliphatic heterocycles. The van der Waals surface area contributed by atoms with Crippen LogP contribution in [0.1, 0.15) is 53.3 Å². The van der Waals surface area contributed by atoms with Crippen LogP contribution < -0.4 is 0 Å². The van der Waals surface area contributed by atoms with Crippen LogP contribution >= 0.6 is 0 Å². The zero-order chi connectivity index (χ0) is 25.4. The number of rotatable bonds is 12. The topological polar surface area (TPSA) is 189 Å². The largest absolute Gasteiger partial charge is 0.281 e. The van der Waals surface area contributed by atoms with Crippen molar-refractivity contribution in [1.29, 1.82) is 0 Å². The van der Waals surface area contributed by atoms with Gasteiger partial charge in [0.15, 0.2) is 19.7 Å². The van der Waals surface area contributed by atoms with Gasteiger partial charge in [0, 0.05) is 25.4 Å². The zero-order valence-corrected chi connectivity index (χ0v) is 20.8. The Morgan fingerprint density at radius 3 is 1.34 bits per heavy atom. The molecule has 35 heavy (non-hydrogen) atoms. The molecule has 2 aromatic heterocycles. The highest BCUT2D eigenvalue weighted by Gasteiger charge is 2.32. The van der Waals surface area contributed by atoms with Crippen molar-refractivity contribution in [2.75, 3.05) is 24.0 Å². The fraction of sp³-hybridized carbons (Fsp3) is 0.579. The van der Waals surface area contributed by atoms with Crippen LogP contribution in [0.2, 0.25) is 0 Å². The Morgan fingerprint density at radius 1 is 0.600 bits per heavy atom. The van der Waals surface area contributed by atoms with Crippen molar-refractivity contribution in [2.45, 2.75) is 44.9 Å². The quantitative estimate of drug-likeness (QED) is 0.345. The minimum Gasteiger partial charge on any atom is -0.267 e. The summed E-state index contributed by atoms with van der Waals surface area (Å²) >= 11 is 0. The van der Waals surface area contributed by atoms with Crippen molar-refractivity contribution in [3.63, 3.8) is 0 Å².